The third-order valence-electron chi connectivity index (χ3n) is 6.95. The number of likely N-dealkylation sites (tertiary alicyclic amines) is 2. The van der Waals surface area contributed by atoms with Gasteiger partial charge in [0.05, 0.1) is 0 Å². The van der Waals surface area contributed by atoms with Gasteiger partial charge in [0, 0.05) is 26.1 Å². The topological polar surface area (TPSA) is 40.6 Å². The number of carbonyl (C=O) groups excluding carboxylic acids is 2. The van der Waals surface area contributed by atoms with Crippen LogP contribution in [0.4, 0.5) is 0 Å². The molecule has 1 unspecified atom stereocenters. The molecular weight excluding hydrogens is 336 g/mol. The number of piperidine rings is 1. The molecule has 0 aromatic heterocycles. The number of nitrogens with zero attached hydrogens (tertiary/aromatic N) is 2. The summed E-state index contributed by atoms with van der Waals surface area (Å²) in [5, 5.41) is 0. The fourth-order valence-electron chi connectivity index (χ4n) is 5.51. The minimum Gasteiger partial charge on any atom is -0.336 e. The Kier molecular flexibility index (Phi) is 5.51. The molecule has 3 fully saturated rings. The molecule has 2 aliphatic heterocycles. The van der Waals surface area contributed by atoms with Crippen molar-refractivity contribution in [2.75, 3.05) is 13.1 Å². The van der Waals surface area contributed by atoms with Gasteiger partial charge >= 0.3 is 0 Å². The van der Waals surface area contributed by atoms with Crippen LogP contribution in [0, 0.1) is 5.92 Å². The van der Waals surface area contributed by atoms with Crippen molar-refractivity contribution >= 4 is 11.8 Å². The summed E-state index contributed by atoms with van der Waals surface area (Å²) in [7, 11) is 0. The Labute approximate surface area is 162 Å². The zero-order chi connectivity index (χ0) is 18.7. The molecule has 0 N–H and O–H groups in total. The molecule has 0 radical (unpaired) electrons. The van der Waals surface area contributed by atoms with E-state index in [9.17, 15) is 9.59 Å². The van der Waals surface area contributed by atoms with Gasteiger partial charge in [-0.05, 0) is 43.6 Å². The molecule has 0 bridgehead atoms. The van der Waals surface area contributed by atoms with Gasteiger partial charge in [0.2, 0.25) is 11.8 Å². The first-order valence-electron chi connectivity index (χ1n) is 10.8. The van der Waals surface area contributed by atoms with E-state index in [1.165, 1.54) is 31.2 Å². The van der Waals surface area contributed by atoms with Gasteiger partial charge in [-0.1, -0.05) is 56.0 Å². The smallest absolute Gasteiger partial charge is 0.248 e. The van der Waals surface area contributed by atoms with Crippen LogP contribution in [0.5, 0.6) is 0 Å². The summed E-state index contributed by atoms with van der Waals surface area (Å²) in [6, 6.07) is 10.2. The average molecular weight is 369 g/mol. The van der Waals surface area contributed by atoms with Crippen LogP contribution in [-0.2, 0) is 16.1 Å². The average Bonchev–Trinajstić information content (AvgIpc) is 3.35. The molecule has 1 aliphatic carbocycles. The number of benzene rings is 1. The van der Waals surface area contributed by atoms with Crippen molar-refractivity contribution in [2.45, 2.75) is 76.3 Å². The molecule has 1 aromatic rings. The van der Waals surface area contributed by atoms with Crippen molar-refractivity contribution in [2.24, 2.45) is 5.92 Å². The standard InChI is InChI=1S/C23H32N2O2/c26-21(13-12-19-8-4-5-9-19)25-17-7-15-23(25)14-6-16-24(22(23)27)18-20-10-2-1-3-11-20/h1-3,10-11,19H,4-9,12-18H2. The fraction of sp³-hybridized carbons (Fsp3) is 0.652. The van der Waals surface area contributed by atoms with E-state index in [2.05, 4.69) is 12.1 Å². The predicted molar refractivity (Wildman–Crippen MR) is 106 cm³/mol. The quantitative estimate of drug-likeness (QED) is 0.784. The van der Waals surface area contributed by atoms with Crippen molar-refractivity contribution < 1.29 is 9.59 Å². The van der Waals surface area contributed by atoms with Crippen LogP contribution in [-0.4, -0.2) is 40.2 Å². The lowest BCUT2D eigenvalue weighted by molar-refractivity contribution is -0.156. The second-order valence-electron chi connectivity index (χ2n) is 8.69. The molecule has 1 atom stereocenters. The van der Waals surface area contributed by atoms with E-state index in [1.807, 2.05) is 28.0 Å². The summed E-state index contributed by atoms with van der Waals surface area (Å²) in [4.78, 5) is 30.5. The maximum Gasteiger partial charge on any atom is 0.248 e. The van der Waals surface area contributed by atoms with Crippen LogP contribution in [0.1, 0.15) is 69.8 Å². The lowest BCUT2D eigenvalue weighted by Crippen LogP contribution is -2.61. The molecule has 4 nitrogen and oxygen atoms in total. The summed E-state index contributed by atoms with van der Waals surface area (Å²) >= 11 is 0. The Bertz CT molecular complexity index is 668. The molecule has 27 heavy (non-hydrogen) atoms. The SMILES string of the molecule is O=C(CCC1CCCC1)N1CCCC12CCCN(Cc1ccccc1)C2=O. The third-order valence-corrected chi connectivity index (χ3v) is 6.95. The third kappa shape index (κ3) is 3.76. The highest BCUT2D eigenvalue weighted by molar-refractivity contribution is 5.92. The molecule has 4 rings (SSSR count). The molecule has 146 valence electrons. The van der Waals surface area contributed by atoms with Crippen LogP contribution >= 0.6 is 0 Å². The highest BCUT2D eigenvalue weighted by atomic mass is 16.2. The lowest BCUT2D eigenvalue weighted by atomic mass is 9.84. The fourth-order valence-corrected chi connectivity index (χ4v) is 5.51. The molecule has 1 spiro atoms. The number of hydrogen-bond donors (Lipinski definition) is 0. The van der Waals surface area contributed by atoms with Crippen LogP contribution in [0.25, 0.3) is 0 Å². The largest absolute Gasteiger partial charge is 0.336 e. The maximum absolute atomic E-state index is 13.5. The molecule has 2 saturated heterocycles. The summed E-state index contributed by atoms with van der Waals surface area (Å²) < 4.78 is 0. The van der Waals surface area contributed by atoms with Crippen molar-refractivity contribution in [3.63, 3.8) is 0 Å². The zero-order valence-electron chi connectivity index (χ0n) is 16.4. The summed E-state index contributed by atoms with van der Waals surface area (Å²) in [6.07, 6.45) is 10.5. The van der Waals surface area contributed by atoms with Crippen LogP contribution in [0.3, 0.4) is 0 Å². The van der Waals surface area contributed by atoms with E-state index in [-0.39, 0.29) is 11.8 Å². The minimum absolute atomic E-state index is 0.185. The molecule has 1 saturated carbocycles. The Morgan fingerprint density at radius 1 is 1.00 bits per heavy atom. The van der Waals surface area contributed by atoms with Gasteiger partial charge in [0.15, 0.2) is 0 Å². The second-order valence-corrected chi connectivity index (χ2v) is 8.69. The molecule has 2 amide bonds. The highest BCUT2D eigenvalue weighted by Gasteiger charge is 2.52. The Morgan fingerprint density at radius 3 is 2.44 bits per heavy atom. The van der Waals surface area contributed by atoms with Gasteiger partial charge in [-0.2, -0.15) is 0 Å². The molecule has 2 heterocycles. The second kappa shape index (κ2) is 8.04. The highest BCUT2D eigenvalue weighted by Crippen LogP contribution is 2.39. The van der Waals surface area contributed by atoms with Crippen molar-refractivity contribution in [1.82, 2.24) is 9.80 Å². The van der Waals surface area contributed by atoms with Gasteiger partial charge in [-0.25, -0.2) is 0 Å². The van der Waals surface area contributed by atoms with E-state index in [0.717, 1.165) is 51.1 Å². The van der Waals surface area contributed by atoms with Gasteiger partial charge in [0.25, 0.3) is 0 Å². The predicted octanol–water partition coefficient (Wildman–Crippen LogP) is 4.14. The van der Waals surface area contributed by atoms with E-state index in [1.54, 1.807) is 0 Å². The summed E-state index contributed by atoms with van der Waals surface area (Å²) in [6.45, 7) is 2.22. The van der Waals surface area contributed by atoms with E-state index >= 15 is 0 Å². The summed E-state index contributed by atoms with van der Waals surface area (Å²) in [5.74, 6) is 1.13. The van der Waals surface area contributed by atoms with E-state index in [0.29, 0.717) is 13.0 Å². The molecule has 1 aromatic carbocycles. The Balaban J connectivity index is 1.44. The summed E-state index contributed by atoms with van der Waals surface area (Å²) in [5.41, 5.74) is 0.611. The van der Waals surface area contributed by atoms with E-state index < -0.39 is 5.54 Å². The Morgan fingerprint density at radius 2 is 1.70 bits per heavy atom. The minimum atomic E-state index is -0.556. The number of hydrogen-bond acceptors (Lipinski definition) is 2. The first-order valence-corrected chi connectivity index (χ1v) is 10.8. The first kappa shape index (κ1) is 18.5. The van der Waals surface area contributed by atoms with Gasteiger partial charge in [0.1, 0.15) is 5.54 Å². The molecular formula is C23H32N2O2. The first-order chi connectivity index (χ1) is 13.2. The monoisotopic (exact) mass is 368 g/mol. The lowest BCUT2D eigenvalue weighted by Gasteiger charge is -2.44. The van der Waals surface area contributed by atoms with Crippen LogP contribution < -0.4 is 0 Å². The number of carbonyl (C=O) groups is 2. The van der Waals surface area contributed by atoms with Crippen LogP contribution in [0.15, 0.2) is 30.3 Å². The molecule has 4 heteroatoms. The van der Waals surface area contributed by atoms with Crippen molar-refractivity contribution in [1.29, 1.82) is 0 Å². The van der Waals surface area contributed by atoms with Crippen molar-refractivity contribution in [3.05, 3.63) is 35.9 Å². The maximum atomic E-state index is 13.5. The number of rotatable bonds is 5. The normalized spacial score (nSPS) is 26.3. The van der Waals surface area contributed by atoms with E-state index in [4.69, 9.17) is 0 Å². The number of amides is 2. The Hall–Kier alpha value is -1.84. The van der Waals surface area contributed by atoms with Gasteiger partial charge < -0.3 is 9.80 Å². The van der Waals surface area contributed by atoms with Gasteiger partial charge in [-0.15, -0.1) is 0 Å². The van der Waals surface area contributed by atoms with Crippen molar-refractivity contribution in [3.8, 4) is 0 Å². The van der Waals surface area contributed by atoms with Gasteiger partial charge in [-0.3, -0.25) is 9.59 Å². The molecule has 3 aliphatic rings. The zero-order valence-corrected chi connectivity index (χ0v) is 16.4. The van der Waals surface area contributed by atoms with Crippen LogP contribution in [0.2, 0.25) is 0 Å².